The number of oxazole rings is 1. The number of benzene rings is 1. The first kappa shape index (κ1) is 17.5. The molecule has 3 heterocycles. The lowest BCUT2D eigenvalue weighted by molar-refractivity contribution is -0.113. The number of thiophene rings is 1. The van der Waals surface area contributed by atoms with Crippen molar-refractivity contribution in [2.45, 2.75) is 5.22 Å². The smallest absolute Gasteiger partial charge is 0.350 e. The zero-order chi connectivity index (χ0) is 18.8. The summed E-state index contributed by atoms with van der Waals surface area (Å²) in [7, 11) is 1.30. The number of esters is 1. The molecule has 0 aliphatic heterocycles. The van der Waals surface area contributed by atoms with Crippen molar-refractivity contribution in [1.29, 1.82) is 0 Å². The van der Waals surface area contributed by atoms with Crippen molar-refractivity contribution in [1.82, 2.24) is 9.97 Å². The molecular weight excluding hydrogens is 386 g/mol. The number of pyridine rings is 1. The van der Waals surface area contributed by atoms with Gasteiger partial charge in [-0.15, -0.1) is 11.3 Å². The molecule has 4 aromatic rings. The van der Waals surface area contributed by atoms with E-state index in [1.54, 1.807) is 18.3 Å². The molecule has 1 amide bonds. The van der Waals surface area contributed by atoms with Crippen molar-refractivity contribution in [3.63, 3.8) is 0 Å². The molecular formula is C18H13N3O4S2. The number of nitrogens with one attached hydrogen (secondary N) is 1. The van der Waals surface area contributed by atoms with E-state index in [0.717, 1.165) is 5.52 Å². The van der Waals surface area contributed by atoms with Gasteiger partial charge in [0.1, 0.15) is 15.2 Å². The Hall–Kier alpha value is -2.91. The molecule has 7 nitrogen and oxygen atoms in total. The SMILES string of the molecule is COC(=O)c1sc2ncccc2c1NC(=O)CSc1nc2ccccc2o1. The van der Waals surface area contributed by atoms with E-state index in [-0.39, 0.29) is 11.7 Å². The normalized spacial score (nSPS) is 11.0. The van der Waals surface area contributed by atoms with E-state index < -0.39 is 5.97 Å². The van der Waals surface area contributed by atoms with Crippen molar-refractivity contribution in [3.8, 4) is 0 Å². The fraction of sp³-hybridized carbons (Fsp3) is 0.111. The van der Waals surface area contributed by atoms with Gasteiger partial charge in [0.15, 0.2) is 5.58 Å². The summed E-state index contributed by atoms with van der Waals surface area (Å²) in [5.41, 5.74) is 1.82. The maximum atomic E-state index is 12.4. The Bertz CT molecular complexity index is 1120. The Morgan fingerprint density at radius 2 is 2.11 bits per heavy atom. The molecule has 4 rings (SSSR count). The fourth-order valence-electron chi connectivity index (χ4n) is 2.51. The van der Waals surface area contributed by atoms with Crippen molar-refractivity contribution in [2.24, 2.45) is 0 Å². The van der Waals surface area contributed by atoms with Crippen LogP contribution >= 0.6 is 23.1 Å². The topological polar surface area (TPSA) is 94.3 Å². The van der Waals surface area contributed by atoms with Gasteiger partial charge in [-0.3, -0.25) is 4.79 Å². The van der Waals surface area contributed by atoms with E-state index in [1.807, 2.05) is 24.3 Å². The zero-order valence-corrected chi connectivity index (χ0v) is 15.7. The van der Waals surface area contributed by atoms with Gasteiger partial charge in [0.05, 0.1) is 18.6 Å². The summed E-state index contributed by atoms with van der Waals surface area (Å²) in [6, 6.07) is 10.9. The van der Waals surface area contributed by atoms with E-state index >= 15 is 0 Å². The fourth-order valence-corrected chi connectivity index (χ4v) is 4.16. The highest BCUT2D eigenvalue weighted by molar-refractivity contribution is 7.99. The van der Waals surface area contributed by atoms with E-state index in [9.17, 15) is 9.59 Å². The van der Waals surface area contributed by atoms with Crippen LogP contribution in [0, 0.1) is 0 Å². The highest BCUT2D eigenvalue weighted by Crippen LogP contribution is 2.35. The van der Waals surface area contributed by atoms with Gasteiger partial charge in [-0.1, -0.05) is 23.9 Å². The summed E-state index contributed by atoms with van der Waals surface area (Å²) in [6.45, 7) is 0. The van der Waals surface area contributed by atoms with Gasteiger partial charge >= 0.3 is 5.97 Å². The largest absolute Gasteiger partial charge is 0.465 e. The molecule has 0 radical (unpaired) electrons. The van der Waals surface area contributed by atoms with Crippen molar-refractivity contribution >= 4 is 62.0 Å². The zero-order valence-electron chi connectivity index (χ0n) is 14.1. The summed E-state index contributed by atoms with van der Waals surface area (Å²) in [6.07, 6.45) is 1.63. The van der Waals surface area contributed by atoms with Crippen LogP contribution in [0.4, 0.5) is 5.69 Å². The molecule has 1 N–H and O–H groups in total. The molecule has 3 aromatic heterocycles. The number of rotatable bonds is 5. The third-order valence-corrected chi connectivity index (χ3v) is 5.62. The number of carbonyl (C=O) groups is 2. The van der Waals surface area contributed by atoms with Gasteiger partial charge in [-0.2, -0.15) is 0 Å². The van der Waals surface area contributed by atoms with E-state index in [1.165, 1.54) is 30.2 Å². The minimum Gasteiger partial charge on any atom is -0.465 e. The van der Waals surface area contributed by atoms with Crippen molar-refractivity contribution < 1.29 is 18.7 Å². The van der Waals surface area contributed by atoms with Crippen LogP contribution in [0.25, 0.3) is 21.3 Å². The molecule has 0 aliphatic carbocycles. The Kier molecular flexibility index (Phi) is 4.78. The number of ether oxygens (including phenoxy) is 1. The van der Waals surface area contributed by atoms with Crippen LogP contribution < -0.4 is 5.32 Å². The second kappa shape index (κ2) is 7.37. The summed E-state index contributed by atoms with van der Waals surface area (Å²) in [4.78, 5) is 34.0. The summed E-state index contributed by atoms with van der Waals surface area (Å²) < 4.78 is 10.4. The Morgan fingerprint density at radius 3 is 2.93 bits per heavy atom. The maximum absolute atomic E-state index is 12.4. The number of thioether (sulfide) groups is 1. The highest BCUT2D eigenvalue weighted by Gasteiger charge is 2.21. The predicted molar refractivity (Wildman–Crippen MR) is 104 cm³/mol. The molecule has 0 bridgehead atoms. The van der Waals surface area contributed by atoms with Crippen molar-refractivity contribution in [2.75, 3.05) is 18.2 Å². The number of fused-ring (bicyclic) bond motifs is 2. The molecule has 136 valence electrons. The van der Waals surface area contributed by atoms with Crippen LogP contribution in [0.15, 0.2) is 52.2 Å². The number of nitrogens with zero attached hydrogens (tertiary/aromatic N) is 2. The average molecular weight is 399 g/mol. The summed E-state index contributed by atoms with van der Waals surface area (Å²) in [5, 5.41) is 3.90. The number of anilines is 1. The Morgan fingerprint density at radius 1 is 1.26 bits per heavy atom. The van der Waals surface area contributed by atoms with Gasteiger partial charge < -0.3 is 14.5 Å². The standard InChI is InChI=1S/C18H13N3O4S2/c1-24-17(23)15-14(10-5-4-8-19-16(10)27-15)21-13(22)9-26-18-20-11-6-2-3-7-12(11)25-18/h2-8H,9H2,1H3,(H,21,22). The number of carbonyl (C=O) groups excluding carboxylic acids is 2. The van der Waals surface area contributed by atoms with Crippen LogP contribution in [0.3, 0.4) is 0 Å². The second-order valence-electron chi connectivity index (χ2n) is 5.44. The molecule has 0 saturated heterocycles. The Labute approximate surface area is 161 Å². The van der Waals surface area contributed by atoms with Crippen LogP contribution in [0.5, 0.6) is 0 Å². The first-order chi connectivity index (χ1) is 13.2. The quantitative estimate of drug-likeness (QED) is 0.401. The minimum atomic E-state index is -0.514. The van der Waals surface area contributed by atoms with E-state index in [0.29, 0.717) is 31.6 Å². The average Bonchev–Trinajstić information content (AvgIpc) is 3.27. The highest BCUT2D eigenvalue weighted by atomic mass is 32.2. The van der Waals surface area contributed by atoms with Crippen LogP contribution in [-0.2, 0) is 9.53 Å². The third-order valence-electron chi connectivity index (χ3n) is 3.70. The van der Waals surface area contributed by atoms with E-state index in [2.05, 4.69) is 15.3 Å². The van der Waals surface area contributed by atoms with Crippen molar-refractivity contribution in [3.05, 3.63) is 47.5 Å². The molecule has 27 heavy (non-hydrogen) atoms. The summed E-state index contributed by atoms with van der Waals surface area (Å²) >= 11 is 2.36. The van der Waals surface area contributed by atoms with Crippen LogP contribution in [0.2, 0.25) is 0 Å². The first-order valence-electron chi connectivity index (χ1n) is 7.90. The lowest BCUT2D eigenvalue weighted by Crippen LogP contribution is -2.16. The number of amides is 1. The number of hydrogen-bond acceptors (Lipinski definition) is 8. The first-order valence-corrected chi connectivity index (χ1v) is 9.70. The molecule has 0 aliphatic rings. The molecule has 0 fully saturated rings. The third kappa shape index (κ3) is 3.51. The number of hydrogen-bond donors (Lipinski definition) is 1. The lowest BCUT2D eigenvalue weighted by Gasteiger charge is -2.05. The molecule has 0 saturated carbocycles. The minimum absolute atomic E-state index is 0.0883. The van der Waals surface area contributed by atoms with Gasteiger partial charge in [0, 0.05) is 11.6 Å². The monoisotopic (exact) mass is 399 g/mol. The number of para-hydroxylation sites is 2. The van der Waals surface area contributed by atoms with Gasteiger partial charge in [0.25, 0.3) is 5.22 Å². The lowest BCUT2D eigenvalue weighted by atomic mass is 10.2. The van der Waals surface area contributed by atoms with Gasteiger partial charge in [-0.05, 0) is 24.3 Å². The second-order valence-corrected chi connectivity index (χ2v) is 7.36. The van der Waals surface area contributed by atoms with Gasteiger partial charge in [-0.25, -0.2) is 14.8 Å². The molecule has 0 atom stereocenters. The Balaban J connectivity index is 1.53. The van der Waals surface area contributed by atoms with Crippen LogP contribution in [-0.4, -0.2) is 34.7 Å². The molecule has 1 aromatic carbocycles. The predicted octanol–water partition coefficient (Wildman–Crippen LogP) is 3.95. The van der Waals surface area contributed by atoms with Crippen LogP contribution in [0.1, 0.15) is 9.67 Å². The number of aromatic nitrogens is 2. The summed E-state index contributed by atoms with van der Waals surface area (Å²) in [5.74, 6) is -0.707. The maximum Gasteiger partial charge on any atom is 0.350 e. The van der Waals surface area contributed by atoms with E-state index in [4.69, 9.17) is 9.15 Å². The molecule has 9 heteroatoms. The van der Waals surface area contributed by atoms with Gasteiger partial charge in [0.2, 0.25) is 5.91 Å². The number of methoxy groups -OCH3 is 1. The molecule has 0 unspecified atom stereocenters. The molecule has 0 spiro atoms.